The van der Waals surface area contributed by atoms with Crippen LogP contribution >= 0.6 is 22.9 Å². The van der Waals surface area contributed by atoms with Gasteiger partial charge in [0, 0.05) is 10.9 Å². The zero-order chi connectivity index (χ0) is 14.7. The molecule has 2 heterocycles. The van der Waals surface area contributed by atoms with Crippen molar-refractivity contribution in [3.05, 3.63) is 51.7 Å². The molecule has 0 aliphatic carbocycles. The summed E-state index contributed by atoms with van der Waals surface area (Å²) in [6.45, 7) is 1.38. The summed E-state index contributed by atoms with van der Waals surface area (Å²) in [5, 5.41) is 5.56. The molecule has 21 heavy (non-hydrogen) atoms. The smallest absolute Gasteiger partial charge is 0.238 e. The number of rotatable bonds is 4. The lowest BCUT2D eigenvalue weighted by Gasteiger charge is -2.23. The predicted molar refractivity (Wildman–Crippen MR) is 87.9 cm³/mol. The summed E-state index contributed by atoms with van der Waals surface area (Å²) in [5.41, 5.74) is 0.677. The number of anilines is 1. The number of amides is 1. The van der Waals surface area contributed by atoms with Crippen LogP contribution in [-0.4, -0.2) is 23.9 Å². The number of hydrogen-bond donors (Lipinski definition) is 1. The van der Waals surface area contributed by atoms with Gasteiger partial charge in [-0.2, -0.15) is 0 Å². The Hall–Kier alpha value is -1.36. The molecule has 0 saturated carbocycles. The average molecular weight is 321 g/mol. The molecular formula is C16H17ClN2OS. The van der Waals surface area contributed by atoms with Crippen LogP contribution in [0.1, 0.15) is 23.8 Å². The van der Waals surface area contributed by atoms with Gasteiger partial charge in [0.25, 0.3) is 0 Å². The van der Waals surface area contributed by atoms with E-state index in [1.807, 2.05) is 18.2 Å². The Morgan fingerprint density at radius 2 is 2.19 bits per heavy atom. The second-order valence-corrected chi connectivity index (χ2v) is 6.56. The summed E-state index contributed by atoms with van der Waals surface area (Å²) < 4.78 is 0. The fourth-order valence-corrected chi connectivity index (χ4v) is 3.83. The van der Waals surface area contributed by atoms with Crippen LogP contribution in [0.2, 0.25) is 5.02 Å². The Morgan fingerprint density at radius 1 is 1.33 bits per heavy atom. The Labute approximate surface area is 133 Å². The van der Waals surface area contributed by atoms with Crippen LogP contribution in [0.4, 0.5) is 5.69 Å². The van der Waals surface area contributed by atoms with Crippen LogP contribution in [0.5, 0.6) is 0 Å². The molecule has 1 fully saturated rings. The van der Waals surface area contributed by atoms with E-state index in [2.05, 4.69) is 27.7 Å². The van der Waals surface area contributed by atoms with E-state index in [0.29, 0.717) is 23.3 Å². The Kier molecular flexibility index (Phi) is 4.58. The molecule has 0 radical (unpaired) electrons. The fraction of sp³-hybridized carbons (Fsp3) is 0.312. The van der Waals surface area contributed by atoms with Crippen molar-refractivity contribution in [2.45, 2.75) is 18.9 Å². The fourth-order valence-electron chi connectivity index (χ4n) is 2.76. The Bertz CT molecular complexity index is 614. The van der Waals surface area contributed by atoms with E-state index >= 15 is 0 Å². The van der Waals surface area contributed by atoms with Gasteiger partial charge < -0.3 is 5.32 Å². The summed E-state index contributed by atoms with van der Waals surface area (Å²) in [4.78, 5) is 15.8. The van der Waals surface area contributed by atoms with Crippen molar-refractivity contribution in [3.8, 4) is 0 Å². The first-order valence-corrected chi connectivity index (χ1v) is 8.31. The van der Waals surface area contributed by atoms with E-state index in [9.17, 15) is 4.79 Å². The second-order valence-electron chi connectivity index (χ2n) is 5.17. The molecule has 1 aliphatic rings. The molecule has 5 heteroatoms. The van der Waals surface area contributed by atoms with Gasteiger partial charge in [-0.05, 0) is 43.0 Å². The molecule has 3 nitrogen and oxygen atoms in total. The zero-order valence-corrected chi connectivity index (χ0v) is 13.2. The van der Waals surface area contributed by atoms with E-state index in [-0.39, 0.29) is 5.91 Å². The van der Waals surface area contributed by atoms with Crippen molar-refractivity contribution in [1.29, 1.82) is 0 Å². The highest BCUT2D eigenvalue weighted by molar-refractivity contribution is 7.10. The number of hydrogen-bond acceptors (Lipinski definition) is 3. The third-order valence-corrected chi connectivity index (χ3v) is 5.03. The number of likely N-dealkylation sites (tertiary alicyclic amines) is 1. The van der Waals surface area contributed by atoms with Crippen LogP contribution < -0.4 is 5.32 Å². The molecule has 1 atom stereocenters. The molecule has 1 amide bonds. The first-order valence-electron chi connectivity index (χ1n) is 7.06. The van der Waals surface area contributed by atoms with Crippen molar-refractivity contribution in [2.75, 3.05) is 18.4 Å². The van der Waals surface area contributed by atoms with Crippen molar-refractivity contribution in [3.63, 3.8) is 0 Å². The maximum atomic E-state index is 12.2. The first kappa shape index (κ1) is 14.6. The monoisotopic (exact) mass is 320 g/mol. The highest BCUT2D eigenvalue weighted by Crippen LogP contribution is 2.34. The SMILES string of the molecule is O=C(CN1CCCC1c1cccs1)Nc1ccccc1Cl. The van der Waals surface area contributed by atoms with Crippen LogP contribution in [0.25, 0.3) is 0 Å². The number of nitrogens with zero attached hydrogens (tertiary/aromatic N) is 1. The summed E-state index contributed by atoms with van der Waals surface area (Å²) in [5.74, 6) is -0.00782. The maximum absolute atomic E-state index is 12.2. The number of halogens is 1. The quantitative estimate of drug-likeness (QED) is 0.916. The molecule has 1 aromatic heterocycles. The van der Waals surface area contributed by atoms with E-state index in [0.717, 1.165) is 19.4 Å². The van der Waals surface area contributed by atoms with E-state index in [1.54, 1.807) is 17.4 Å². The average Bonchev–Trinajstić information content (AvgIpc) is 3.11. The van der Waals surface area contributed by atoms with Crippen LogP contribution in [-0.2, 0) is 4.79 Å². The molecule has 1 saturated heterocycles. The largest absolute Gasteiger partial charge is 0.324 e. The highest BCUT2D eigenvalue weighted by atomic mass is 35.5. The van der Waals surface area contributed by atoms with Crippen LogP contribution in [0, 0.1) is 0 Å². The lowest BCUT2D eigenvalue weighted by Crippen LogP contribution is -2.32. The molecule has 3 rings (SSSR count). The third kappa shape index (κ3) is 3.46. The van der Waals surface area contributed by atoms with Gasteiger partial charge in [0.05, 0.1) is 17.3 Å². The van der Waals surface area contributed by atoms with Gasteiger partial charge >= 0.3 is 0 Å². The summed E-state index contributed by atoms with van der Waals surface area (Å²) >= 11 is 7.83. The van der Waals surface area contributed by atoms with Gasteiger partial charge in [-0.1, -0.05) is 29.8 Å². The predicted octanol–water partition coefficient (Wildman–Crippen LogP) is 4.18. The molecule has 1 aliphatic heterocycles. The minimum absolute atomic E-state index is 0.00782. The molecular weight excluding hydrogens is 304 g/mol. The number of carbonyl (C=O) groups is 1. The molecule has 0 bridgehead atoms. The van der Waals surface area contributed by atoms with Crippen molar-refractivity contribution in [1.82, 2.24) is 4.90 Å². The number of nitrogens with one attached hydrogen (secondary N) is 1. The van der Waals surface area contributed by atoms with Gasteiger partial charge in [0.1, 0.15) is 0 Å². The molecule has 110 valence electrons. The number of benzene rings is 1. The lowest BCUT2D eigenvalue weighted by atomic mass is 10.2. The molecule has 1 aromatic carbocycles. The Morgan fingerprint density at radius 3 is 2.95 bits per heavy atom. The summed E-state index contributed by atoms with van der Waals surface area (Å²) in [6.07, 6.45) is 2.27. The van der Waals surface area contributed by atoms with Gasteiger partial charge in [-0.15, -0.1) is 11.3 Å². The second kappa shape index (κ2) is 6.60. The summed E-state index contributed by atoms with van der Waals surface area (Å²) in [6, 6.07) is 11.9. The third-order valence-electron chi connectivity index (χ3n) is 3.73. The number of carbonyl (C=O) groups excluding carboxylic acids is 1. The van der Waals surface area contributed by atoms with E-state index in [1.165, 1.54) is 4.88 Å². The normalized spacial score (nSPS) is 18.8. The summed E-state index contributed by atoms with van der Waals surface area (Å²) in [7, 11) is 0. The van der Waals surface area contributed by atoms with Gasteiger partial charge in [0.15, 0.2) is 0 Å². The molecule has 1 unspecified atom stereocenters. The zero-order valence-electron chi connectivity index (χ0n) is 11.6. The van der Waals surface area contributed by atoms with Gasteiger partial charge in [0.2, 0.25) is 5.91 Å². The topological polar surface area (TPSA) is 32.3 Å². The van der Waals surface area contributed by atoms with E-state index in [4.69, 9.17) is 11.6 Å². The van der Waals surface area contributed by atoms with Crippen molar-refractivity contribution < 1.29 is 4.79 Å². The number of thiophene rings is 1. The molecule has 1 N–H and O–H groups in total. The molecule has 2 aromatic rings. The first-order chi connectivity index (χ1) is 10.2. The highest BCUT2D eigenvalue weighted by Gasteiger charge is 2.28. The maximum Gasteiger partial charge on any atom is 0.238 e. The van der Waals surface area contributed by atoms with Crippen LogP contribution in [0.3, 0.4) is 0 Å². The Balaban J connectivity index is 1.63. The minimum Gasteiger partial charge on any atom is -0.324 e. The lowest BCUT2D eigenvalue weighted by molar-refractivity contribution is -0.117. The van der Waals surface area contributed by atoms with Gasteiger partial charge in [-0.3, -0.25) is 9.69 Å². The molecule has 0 spiro atoms. The number of para-hydroxylation sites is 1. The van der Waals surface area contributed by atoms with Crippen molar-refractivity contribution >= 4 is 34.5 Å². The minimum atomic E-state index is -0.00782. The van der Waals surface area contributed by atoms with Crippen molar-refractivity contribution in [2.24, 2.45) is 0 Å². The van der Waals surface area contributed by atoms with Crippen LogP contribution in [0.15, 0.2) is 41.8 Å². The standard InChI is InChI=1S/C16H17ClN2OS/c17-12-5-1-2-6-13(12)18-16(20)11-19-9-3-7-14(19)15-8-4-10-21-15/h1-2,4-6,8,10,14H,3,7,9,11H2,(H,18,20). The van der Waals surface area contributed by atoms with E-state index < -0.39 is 0 Å². The van der Waals surface area contributed by atoms with Gasteiger partial charge in [-0.25, -0.2) is 0 Å².